The molecular formula is C11H20N4O2. The van der Waals surface area contributed by atoms with Crippen molar-refractivity contribution in [1.29, 1.82) is 0 Å². The number of methoxy groups -OCH3 is 1. The van der Waals surface area contributed by atoms with Gasteiger partial charge in [0.1, 0.15) is 0 Å². The highest BCUT2D eigenvalue weighted by Gasteiger charge is 2.03. The van der Waals surface area contributed by atoms with Crippen molar-refractivity contribution in [3.63, 3.8) is 0 Å². The van der Waals surface area contributed by atoms with Crippen LogP contribution in [0.4, 0.5) is 5.69 Å². The Hall–Kier alpha value is -1.40. The Kier molecular flexibility index (Phi) is 6.27. The first kappa shape index (κ1) is 13.7. The van der Waals surface area contributed by atoms with Crippen molar-refractivity contribution in [3.05, 3.63) is 12.4 Å². The van der Waals surface area contributed by atoms with Crippen LogP contribution >= 0.6 is 0 Å². The molecule has 0 aliphatic rings. The topological polar surface area (TPSA) is 68.2 Å². The molecule has 0 radical (unpaired) electrons. The summed E-state index contributed by atoms with van der Waals surface area (Å²) in [4.78, 5) is 11.5. The molecule has 0 aromatic carbocycles. The number of ether oxygens (including phenoxy) is 1. The molecule has 1 aromatic rings. The van der Waals surface area contributed by atoms with Crippen LogP contribution in [-0.2, 0) is 16.1 Å². The number of rotatable bonds is 8. The standard InChI is InChI=1S/C11H20N4O2/c1-3-4-12-8-11(16)14-10-7-13-15(9-10)5-6-17-2/h7,9,12H,3-6,8H2,1-2H3,(H,14,16). The van der Waals surface area contributed by atoms with Crippen molar-refractivity contribution in [2.24, 2.45) is 0 Å². The first-order chi connectivity index (χ1) is 8.26. The van der Waals surface area contributed by atoms with E-state index in [1.54, 1.807) is 24.2 Å². The van der Waals surface area contributed by atoms with Crippen LogP contribution in [0, 0.1) is 0 Å². The number of nitrogens with zero attached hydrogens (tertiary/aromatic N) is 2. The summed E-state index contributed by atoms with van der Waals surface area (Å²) >= 11 is 0. The van der Waals surface area contributed by atoms with E-state index in [4.69, 9.17) is 4.74 Å². The van der Waals surface area contributed by atoms with E-state index in [0.717, 1.165) is 13.0 Å². The van der Waals surface area contributed by atoms with Crippen LogP contribution in [0.2, 0.25) is 0 Å². The van der Waals surface area contributed by atoms with E-state index in [1.165, 1.54) is 0 Å². The predicted molar refractivity (Wildman–Crippen MR) is 65.9 cm³/mol. The molecule has 6 heteroatoms. The molecular weight excluding hydrogens is 220 g/mol. The lowest BCUT2D eigenvalue weighted by Crippen LogP contribution is -2.28. The third-order valence-electron chi connectivity index (χ3n) is 2.15. The Labute approximate surface area is 101 Å². The monoisotopic (exact) mass is 240 g/mol. The summed E-state index contributed by atoms with van der Waals surface area (Å²) in [5.41, 5.74) is 0.712. The molecule has 0 bridgehead atoms. The maximum absolute atomic E-state index is 11.5. The number of anilines is 1. The quantitative estimate of drug-likeness (QED) is 0.648. The average molecular weight is 240 g/mol. The minimum Gasteiger partial charge on any atom is -0.383 e. The molecule has 17 heavy (non-hydrogen) atoms. The number of hydrogen-bond acceptors (Lipinski definition) is 4. The fourth-order valence-electron chi connectivity index (χ4n) is 1.32. The minimum atomic E-state index is -0.0512. The summed E-state index contributed by atoms with van der Waals surface area (Å²) < 4.78 is 6.68. The summed E-state index contributed by atoms with van der Waals surface area (Å²) in [5, 5.41) is 9.91. The van der Waals surface area contributed by atoms with E-state index in [1.807, 2.05) is 0 Å². The van der Waals surface area contributed by atoms with Crippen molar-refractivity contribution in [1.82, 2.24) is 15.1 Å². The number of amides is 1. The summed E-state index contributed by atoms with van der Waals surface area (Å²) in [7, 11) is 1.64. The molecule has 1 heterocycles. The summed E-state index contributed by atoms with van der Waals surface area (Å²) in [6, 6.07) is 0. The number of nitrogens with one attached hydrogen (secondary N) is 2. The largest absolute Gasteiger partial charge is 0.383 e. The van der Waals surface area contributed by atoms with Crippen molar-refractivity contribution >= 4 is 11.6 Å². The van der Waals surface area contributed by atoms with Crippen LogP contribution < -0.4 is 10.6 Å². The highest BCUT2D eigenvalue weighted by atomic mass is 16.5. The van der Waals surface area contributed by atoms with E-state index in [-0.39, 0.29) is 5.91 Å². The van der Waals surface area contributed by atoms with Gasteiger partial charge in [-0.2, -0.15) is 5.10 Å². The zero-order valence-electron chi connectivity index (χ0n) is 10.4. The SMILES string of the molecule is CCCNCC(=O)Nc1cnn(CCOC)c1. The Morgan fingerprint density at radius 3 is 3.12 bits per heavy atom. The third kappa shape index (κ3) is 5.46. The van der Waals surface area contributed by atoms with Crippen LogP contribution in [0.5, 0.6) is 0 Å². The predicted octanol–water partition coefficient (Wildman–Crippen LogP) is 0.468. The molecule has 1 amide bonds. The lowest BCUT2D eigenvalue weighted by molar-refractivity contribution is -0.115. The fraction of sp³-hybridized carbons (Fsp3) is 0.636. The van der Waals surface area contributed by atoms with Gasteiger partial charge < -0.3 is 15.4 Å². The Balaban J connectivity index is 2.30. The molecule has 2 N–H and O–H groups in total. The molecule has 1 rings (SSSR count). The van der Waals surface area contributed by atoms with Crippen LogP contribution in [0.15, 0.2) is 12.4 Å². The van der Waals surface area contributed by atoms with E-state index in [9.17, 15) is 4.79 Å². The van der Waals surface area contributed by atoms with Gasteiger partial charge in [0.25, 0.3) is 0 Å². The second-order valence-electron chi connectivity index (χ2n) is 3.71. The summed E-state index contributed by atoms with van der Waals surface area (Å²) in [6.45, 7) is 4.52. The Morgan fingerprint density at radius 2 is 2.41 bits per heavy atom. The van der Waals surface area contributed by atoms with Gasteiger partial charge in [-0.05, 0) is 13.0 Å². The van der Waals surface area contributed by atoms with Crippen molar-refractivity contribution in [2.45, 2.75) is 19.9 Å². The second-order valence-corrected chi connectivity index (χ2v) is 3.71. The van der Waals surface area contributed by atoms with Gasteiger partial charge in [-0.15, -0.1) is 0 Å². The number of hydrogen-bond donors (Lipinski definition) is 2. The summed E-state index contributed by atoms with van der Waals surface area (Å²) in [6.07, 6.45) is 4.44. The third-order valence-corrected chi connectivity index (χ3v) is 2.15. The van der Waals surface area contributed by atoms with Gasteiger partial charge in [-0.25, -0.2) is 0 Å². The van der Waals surface area contributed by atoms with Gasteiger partial charge in [-0.1, -0.05) is 6.92 Å². The highest BCUT2D eigenvalue weighted by molar-refractivity contribution is 5.91. The first-order valence-electron chi connectivity index (χ1n) is 5.78. The molecule has 0 aliphatic heterocycles. The summed E-state index contributed by atoms with van der Waals surface area (Å²) in [5.74, 6) is -0.0512. The second kappa shape index (κ2) is 7.81. The van der Waals surface area contributed by atoms with Gasteiger partial charge in [0.15, 0.2) is 0 Å². The minimum absolute atomic E-state index is 0.0512. The maximum atomic E-state index is 11.5. The number of aromatic nitrogens is 2. The smallest absolute Gasteiger partial charge is 0.238 e. The van der Waals surface area contributed by atoms with Crippen LogP contribution in [0.1, 0.15) is 13.3 Å². The lowest BCUT2D eigenvalue weighted by atomic mass is 10.4. The van der Waals surface area contributed by atoms with E-state index >= 15 is 0 Å². The van der Waals surface area contributed by atoms with Gasteiger partial charge in [0, 0.05) is 13.3 Å². The molecule has 1 aromatic heterocycles. The van der Waals surface area contributed by atoms with Gasteiger partial charge in [0.05, 0.1) is 31.6 Å². The van der Waals surface area contributed by atoms with Gasteiger partial charge in [-0.3, -0.25) is 9.48 Å². The van der Waals surface area contributed by atoms with Gasteiger partial charge >= 0.3 is 0 Å². The molecule has 0 spiro atoms. The molecule has 0 fully saturated rings. The molecule has 96 valence electrons. The van der Waals surface area contributed by atoms with Crippen LogP contribution in [0.25, 0.3) is 0 Å². The molecule has 6 nitrogen and oxygen atoms in total. The molecule has 0 aliphatic carbocycles. The van der Waals surface area contributed by atoms with E-state index < -0.39 is 0 Å². The average Bonchev–Trinajstić information content (AvgIpc) is 2.74. The van der Waals surface area contributed by atoms with E-state index in [2.05, 4.69) is 22.7 Å². The highest BCUT2D eigenvalue weighted by Crippen LogP contribution is 2.03. The molecule has 0 saturated heterocycles. The van der Waals surface area contributed by atoms with Crippen molar-refractivity contribution in [3.8, 4) is 0 Å². The zero-order chi connectivity index (χ0) is 12.5. The molecule has 0 saturated carbocycles. The maximum Gasteiger partial charge on any atom is 0.238 e. The number of carbonyl (C=O) groups excluding carboxylic acids is 1. The fourth-order valence-corrected chi connectivity index (χ4v) is 1.32. The van der Waals surface area contributed by atoms with Crippen molar-refractivity contribution in [2.75, 3.05) is 32.1 Å². The normalized spacial score (nSPS) is 10.5. The lowest BCUT2D eigenvalue weighted by Gasteiger charge is -2.03. The zero-order valence-corrected chi connectivity index (χ0v) is 10.4. The van der Waals surface area contributed by atoms with Gasteiger partial charge in [0.2, 0.25) is 5.91 Å². The number of carbonyl (C=O) groups is 1. The Bertz CT molecular complexity index is 338. The Morgan fingerprint density at radius 1 is 1.59 bits per heavy atom. The van der Waals surface area contributed by atoms with Crippen LogP contribution in [0.3, 0.4) is 0 Å². The van der Waals surface area contributed by atoms with Crippen molar-refractivity contribution < 1.29 is 9.53 Å². The first-order valence-corrected chi connectivity index (χ1v) is 5.78. The molecule has 0 unspecified atom stereocenters. The van der Waals surface area contributed by atoms with E-state index in [0.29, 0.717) is 25.4 Å². The molecule has 0 atom stereocenters. The van der Waals surface area contributed by atoms with Crippen LogP contribution in [-0.4, -0.2) is 42.5 Å².